The van der Waals surface area contributed by atoms with Gasteiger partial charge in [0.25, 0.3) is 0 Å². The molecular weight excluding hydrogens is 246 g/mol. The van der Waals surface area contributed by atoms with E-state index in [0.29, 0.717) is 18.4 Å². The number of rotatable bonds is 7. The van der Waals surface area contributed by atoms with Crippen molar-refractivity contribution in [3.8, 4) is 5.75 Å². The molecule has 100 valence electrons. The van der Waals surface area contributed by atoms with Gasteiger partial charge in [0.05, 0.1) is 0 Å². The van der Waals surface area contributed by atoms with Crippen LogP contribution in [-0.4, -0.2) is 34.9 Å². The molecule has 1 unspecified atom stereocenters. The summed E-state index contributed by atoms with van der Waals surface area (Å²) in [7, 11) is 0. The van der Waals surface area contributed by atoms with Gasteiger partial charge in [-0.15, -0.1) is 0 Å². The summed E-state index contributed by atoms with van der Waals surface area (Å²) in [4.78, 5) is 0. The highest BCUT2D eigenvalue weighted by Crippen LogP contribution is 2.33. The van der Waals surface area contributed by atoms with Gasteiger partial charge in [0.1, 0.15) is 5.75 Å². The number of phenolic OH excluding ortho intramolecular Hbond substituents is 1. The van der Waals surface area contributed by atoms with Crippen LogP contribution in [0.15, 0.2) is 18.2 Å². The summed E-state index contributed by atoms with van der Waals surface area (Å²) in [6.07, 6.45) is 3.06. The first-order valence-electron chi connectivity index (χ1n) is 6.55. The van der Waals surface area contributed by atoms with Gasteiger partial charge in [0.15, 0.2) is 0 Å². The number of phenols is 1. The van der Waals surface area contributed by atoms with Gasteiger partial charge < -0.3 is 15.5 Å². The van der Waals surface area contributed by atoms with Gasteiger partial charge in [0.2, 0.25) is 0 Å². The Kier molecular flexibility index (Phi) is 5.35. The number of aromatic hydroxyl groups is 1. The molecule has 1 aromatic rings. The van der Waals surface area contributed by atoms with Crippen molar-refractivity contribution in [1.82, 2.24) is 5.32 Å². The SMILES string of the molecule is OCCCSCCNC1CCc2cc(O)ccc21. The zero-order chi connectivity index (χ0) is 12.8. The third-order valence-corrected chi connectivity index (χ3v) is 4.36. The second-order valence-corrected chi connectivity index (χ2v) is 5.84. The maximum Gasteiger partial charge on any atom is 0.115 e. The molecule has 0 aliphatic heterocycles. The lowest BCUT2D eigenvalue weighted by Gasteiger charge is -2.13. The fraction of sp³-hybridized carbons (Fsp3) is 0.571. The van der Waals surface area contributed by atoms with E-state index in [1.165, 1.54) is 11.1 Å². The first kappa shape index (κ1) is 13.7. The Morgan fingerprint density at radius 3 is 3.06 bits per heavy atom. The minimum Gasteiger partial charge on any atom is -0.508 e. The Labute approximate surface area is 113 Å². The Balaban J connectivity index is 1.73. The van der Waals surface area contributed by atoms with Crippen LogP contribution in [-0.2, 0) is 6.42 Å². The second-order valence-electron chi connectivity index (χ2n) is 4.62. The molecule has 0 heterocycles. The minimum absolute atomic E-state index is 0.292. The minimum atomic E-state index is 0.292. The zero-order valence-electron chi connectivity index (χ0n) is 10.6. The molecule has 0 amide bonds. The van der Waals surface area contributed by atoms with E-state index in [4.69, 9.17) is 5.11 Å². The molecule has 4 heteroatoms. The molecule has 1 aliphatic rings. The Morgan fingerprint density at radius 1 is 1.33 bits per heavy atom. The molecule has 0 radical (unpaired) electrons. The summed E-state index contributed by atoms with van der Waals surface area (Å²) in [5.74, 6) is 2.49. The molecule has 0 bridgehead atoms. The molecule has 1 atom stereocenters. The summed E-state index contributed by atoms with van der Waals surface area (Å²) in [6.45, 7) is 1.29. The highest BCUT2D eigenvalue weighted by molar-refractivity contribution is 7.99. The van der Waals surface area contributed by atoms with Crippen LogP contribution < -0.4 is 5.32 Å². The first-order chi connectivity index (χ1) is 8.81. The Hall–Kier alpha value is -0.710. The lowest BCUT2D eigenvalue weighted by Crippen LogP contribution is -2.22. The van der Waals surface area contributed by atoms with Crippen LogP contribution in [0, 0.1) is 0 Å². The van der Waals surface area contributed by atoms with Gasteiger partial charge in [0, 0.05) is 24.9 Å². The van der Waals surface area contributed by atoms with Crippen molar-refractivity contribution in [3.05, 3.63) is 29.3 Å². The molecule has 18 heavy (non-hydrogen) atoms. The summed E-state index contributed by atoms with van der Waals surface area (Å²) in [6, 6.07) is 6.13. The van der Waals surface area contributed by atoms with Crippen LogP contribution in [0.2, 0.25) is 0 Å². The van der Waals surface area contributed by atoms with E-state index in [9.17, 15) is 5.11 Å². The van der Waals surface area contributed by atoms with Crippen molar-refractivity contribution in [1.29, 1.82) is 0 Å². The van der Waals surface area contributed by atoms with Crippen molar-refractivity contribution in [2.24, 2.45) is 0 Å². The van der Waals surface area contributed by atoms with E-state index in [-0.39, 0.29) is 0 Å². The third kappa shape index (κ3) is 3.64. The lowest BCUT2D eigenvalue weighted by atomic mass is 10.1. The number of fused-ring (bicyclic) bond motifs is 1. The van der Waals surface area contributed by atoms with E-state index in [1.54, 1.807) is 6.07 Å². The number of benzene rings is 1. The number of aliphatic hydroxyl groups is 1. The average molecular weight is 267 g/mol. The molecule has 3 N–H and O–H groups in total. The van der Waals surface area contributed by atoms with Gasteiger partial charge in [-0.25, -0.2) is 0 Å². The first-order valence-corrected chi connectivity index (χ1v) is 7.70. The lowest BCUT2D eigenvalue weighted by molar-refractivity contribution is 0.296. The smallest absolute Gasteiger partial charge is 0.115 e. The zero-order valence-corrected chi connectivity index (χ0v) is 11.4. The molecule has 1 aromatic carbocycles. The highest BCUT2D eigenvalue weighted by atomic mass is 32.2. The fourth-order valence-electron chi connectivity index (χ4n) is 2.39. The largest absolute Gasteiger partial charge is 0.508 e. The maximum atomic E-state index is 9.44. The van der Waals surface area contributed by atoms with E-state index in [1.807, 2.05) is 23.9 Å². The molecule has 0 fully saturated rings. The normalized spacial score (nSPS) is 17.9. The quantitative estimate of drug-likeness (QED) is 0.662. The summed E-state index contributed by atoms with van der Waals surface area (Å²) in [5.41, 5.74) is 2.62. The van der Waals surface area contributed by atoms with Gasteiger partial charge in [-0.1, -0.05) is 6.07 Å². The molecular formula is C14H21NO2S. The summed E-state index contributed by atoms with van der Waals surface area (Å²) >= 11 is 1.88. The van der Waals surface area contributed by atoms with Crippen LogP contribution in [0.3, 0.4) is 0 Å². The highest BCUT2D eigenvalue weighted by Gasteiger charge is 2.21. The molecule has 0 spiro atoms. The third-order valence-electron chi connectivity index (χ3n) is 3.29. The van der Waals surface area contributed by atoms with E-state index in [2.05, 4.69) is 5.32 Å². The summed E-state index contributed by atoms with van der Waals surface area (Å²) < 4.78 is 0. The number of aliphatic hydroxyl groups excluding tert-OH is 1. The average Bonchev–Trinajstić information content (AvgIpc) is 2.76. The molecule has 2 rings (SSSR count). The van der Waals surface area contributed by atoms with Crippen LogP contribution >= 0.6 is 11.8 Å². The van der Waals surface area contributed by atoms with Gasteiger partial charge >= 0.3 is 0 Å². The van der Waals surface area contributed by atoms with Crippen molar-refractivity contribution in [3.63, 3.8) is 0 Å². The number of aryl methyl sites for hydroxylation is 1. The fourth-order valence-corrected chi connectivity index (χ4v) is 3.19. The van der Waals surface area contributed by atoms with Gasteiger partial charge in [-0.05, 0) is 48.3 Å². The standard InChI is InChI=1S/C14H21NO2S/c16-7-1-8-18-9-6-15-14-5-2-11-10-12(17)3-4-13(11)14/h3-4,10,14-17H,1-2,5-9H2. The van der Waals surface area contributed by atoms with Crippen LogP contribution in [0.25, 0.3) is 0 Å². The van der Waals surface area contributed by atoms with Crippen molar-refractivity contribution in [2.45, 2.75) is 25.3 Å². The monoisotopic (exact) mass is 267 g/mol. The molecule has 0 saturated carbocycles. The van der Waals surface area contributed by atoms with Crippen molar-refractivity contribution >= 4 is 11.8 Å². The Bertz CT molecular complexity index is 384. The maximum absolute atomic E-state index is 9.44. The predicted octanol–water partition coefficient (Wildman–Crippen LogP) is 2.08. The number of hydrogen-bond donors (Lipinski definition) is 3. The van der Waals surface area contributed by atoms with Crippen LogP contribution in [0.5, 0.6) is 5.75 Å². The van der Waals surface area contributed by atoms with E-state index in [0.717, 1.165) is 37.3 Å². The summed E-state index contributed by atoms with van der Waals surface area (Å²) in [5, 5.41) is 21.7. The van der Waals surface area contributed by atoms with E-state index < -0.39 is 0 Å². The van der Waals surface area contributed by atoms with Crippen molar-refractivity contribution in [2.75, 3.05) is 24.7 Å². The van der Waals surface area contributed by atoms with Crippen LogP contribution in [0.4, 0.5) is 0 Å². The predicted molar refractivity (Wildman–Crippen MR) is 76.2 cm³/mol. The molecule has 0 aromatic heterocycles. The second kappa shape index (κ2) is 7.02. The Morgan fingerprint density at radius 2 is 2.22 bits per heavy atom. The molecule has 3 nitrogen and oxygen atoms in total. The number of hydrogen-bond acceptors (Lipinski definition) is 4. The number of nitrogens with one attached hydrogen (secondary N) is 1. The van der Waals surface area contributed by atoms with Gasteiger partial charge in [-0.2, -0.15) is 11.8 Å². The topological polar surface area (TPSA) is 52.5 Å². The molecule has 0 saturated heterocycles. The van der Waals surface area contributed by atoms with Crippen molar-refractivity contribution < 1.29 is 10.2 Å². The molecule has 1 aliphatic carbocycles. The van der Waals surface area contributed by atoms with Crippen LogP contribution in [0.1, 0.15) is 30.0 Å². The number of thioether (sulfide) groups is 1. The van der Waals surface area contributed by atoms with Gasteiger partial charge in [-0.3, -0.25) is 0 Å². The van der Waals surface area contributed by atoms with E-state index >= 15 is 0 Å².